The summed E-state index contributed by atoms with van der Waals surface area (Å²) in [6, 6.07) is -1.36. The number of carbonyl (C=O) groups excluding carboxylic acids is 2. The van der Waals surface area contributed by atoms with Gasteiger partial charge in [-0.25, -0.2) is 0 Å². The zero-order valence-electron chi connectivity index (χ0n) is 19.5. The van der Waals surface area contributed by atoms with Crippen molar-refractivity contribution in [3.63, 3.8) is 0 Å². The molecule has 7 atom stereocenters. The monoisotopic (exact) mass is 530 g/mol. The van der Waals surface area contributed by atoms with Crippen molar-refractivity contribution in [1.82, 2.24) is 9.80 Å². The van der Waals surface area contributed by atoms with E-state index in [1.807, 2.05) is 34.6 Å². The van der Waals surface area contributed by atoms with Crippen LogP contribution in [0.1, 0.15) is 47.5 Å². The summed E-state index contributed by atoms with van der Waals surface area (Å²) < 4.78 is -0.828. The molecule has 32 heavy (non-hydrogen) atoms. The Labute approximate surface area is 203 Å². The number of halogens is 1. The third-order valence-electron chi connectivity index (χ3n) is 6.98. The van der Waals surface area contributed by atoms with Gasteiger partial charge >= 0.3 is 5.97 Å². The number of carboxylic acid groups (broad SMARTS) is 1. The van der Waals surface area contributed by atoms with Crippen LogP contribution in [0.4, 0.5) is 0 Å². The van der Waals surface area contributed by atoms with E-state index in [1.165, 1.54) is 11.8 Å². The molecule has 3 saturated heterocycles. The van der Waals surface area contributed by atoms with Crippen LogP contribution in [0.5, 0.6) is 0 Å². The predicted octanol–water partition coefficient (Wildman–Crippen LogP) is 2.76. The summed E-state index contributed by atoms with van der Waals surface area (Å²) >= 11 is 5.13. The standard InChI is InChI=1S/C23H35BrN2O5S/c1-7-8-25(22(4,5)6)20(29)18-23-10-14(24)17(32-23)15(21(30)31)16(23)19(28)26(18)13(11-27)9-12(2)3/h7,12-18,27H,1,8-11H2,2-6H3,(H,30,31)/t13-,14?,15+,16+,17+,18?,23?/m1/s1. The molecule has 7 nitrogen and oxygen atoms in total. The zero-order chi connectivity index (χ0) is 24.2. The SMILES string of the molecule is C=CCN(C(=O)C1N([C@@H](CO)CC(C)C)C(=O)[C@@H]2[C@H](C(=O)O)[C@H]3SC12CC3Br)C(C)(C)C. The van der Waals surface area contributed by atoms with E-state index in [0.29, 0.717) is 19.4 Å². The van der Waals surface area contributed by atoms with Crippen LogP contribution in [0.15, 0.2) is 12.7 Å². The molecular weight excluding hydrogens is 496 g/mol. The van der Waals surface area contributed by atoms with Crippen molar-refractivity contribution in [2.45, 2.75) is 79.9 Å². The quantitative estimate of drug-likeness (QED) is 0.369. The van der Waals surface area contributed by atoms with Crippen LogP contribution >= 0.6 is 27.7 Å². The van der Waals surface area contributed by atoms with E-state index < -0.39 is 40.2 Å². The van der Waals surface area contributed by atoms with Crippen LogP contribution in [-0.2, 0) is 14.4 Å². The summed E-state index contributed by atoms with van der Waals surface area (Å²) in [5, 5.41) is 20.0. The highest BCUT2D eigenvalue weighted by Gasteiger charge is 2.76. The largest absolute Gasteiger partial charge is 0.481 e. The van der Waals surface area contributed by atoms with Crippen molar-refractivity contribution < 1.29 is 24.6 Å². The molecule has 3 unspecified atom stereocenters. The van der Waals surface area contributed by atoms with Gasteiger partial charge in [0.2, 0.25) is 11.8 Å². The van der Waals surface area contributed by atoms with Gasteiger partial charge in [0, 0.05) is 22.2 Å². The minimum Gasteiger partial charge on any atom is -0.481 e. The number of carbonyl (C=O) groups is 3. The number of aliphatic carboxylic acids is 1. The number of rotatable bonds is 8. The number of hydrogen-bond donors (Lipinski definition) is 2. The Morgan fingerprint density at radius 1 is 1.41 bits per heavy atom. The van der Waals surface area contributed by atoms with E-state index in [1.54, 1.807) is 15.9 Å². The number of alkyl halides is 1. The lowest BCUT2D eigenvalue weighted by Gasteiger charge is -2.44. The van der Waals surface area contributed by atoms with E-state index >= 15 is 0 Å². The molecule has 0 saturated carbocycles. The van der Waals surface area contributed by atoms with E-state index in [0.717, 1.165) is 0 Å². The van der Waals surface area contributed by atoms with Gasteiger partial charge in [-0.2, -0.15) is 0 Å². The lowest BCUT2D eigenvalue weighted by Crippen LogP contribution is -2.61. The molecule has 2 amide bonds. The smallest absolute Gasteiger partial charge is 0.308 e. The first kappa shape index (κ1) is 25.6. The maximum absolute atomic E-state index is 14.2. The summed E-state index contributed by atoms with van der Waals surface area (Å²) in [7, 11) is 0. The Hall–Kier alpha value is -1.06. The molecule has 3 heterocycles. The van der Waals surface area contributed by atoms with E-state index in [-0.39, 0.29) is 34.4 Å². The van der Waals surface area contributed by atoms with Gasteiger partial charge in [-0.3, -0.25) is 14.4 Å². The third kappa shape index (κ3) is 3.92. The summed E-state index contributed by atoms with van der Waals surface area (Å²) in [5.74, 6) is -2.94. The highest BCUT2D eigenvalue weighted by molar-refractivity contribution is 9.09. The molecule has 3 aliphatic heterocycles. The van der Waals surface area contributed by atoms with Crippen LogP contribution < -0.4 is 0 Å². The molecule has 0 aromatic rings. The highest BCUT2D eigenvalue weighted by Crippen LogP contribution is 2.68. The predicted molar refractivity (Wildman–Crippen MR) is 129 cm³/mol. The van der Waals surface area contributed by atoms with Gasteiger partial charge in [0.25, 0.3) is 0 Å². The molecule has 2 N–H and O–H groups in total. The first-order valence-electron chi connectivity index (χ1n) is 11.2. The van der Waals surface area contributed by atoms with Crippen molar-refractivity contribution in [1.29, 1.82) is 0 Å². The maximum Gasteiger partial charge on any atom is 0.308 e. The van der Waals surface area contributed by atoms with Gasteiger partial charge in [0.15, 0.2) is 0 Å². The average Bonchev–Trinajstić information content (AvgIpc) is 3.26. The highest BCUT2D eigenvalue weighted by atomic mass is 79.9. The molecule has 9 heteroatoms. The normalized spacial score (nSPS) is 34.7. The van der Waals surface area contributed by atoms with Gasteiger partial charge in [-0.1, -0.05) is 35.9 Å². The second-order valence-corrected chi connectivity index (χ2v) is 13.3. The number of carboxylic acids is 1. The second-order valence-electron chi connectivity index (χ2n) is 10.6. The van der Waals surface area contributed by atoms with Crippen LogP contribution in [0.3, 0.4) is 0 Å². The molecule has 1 spiro atoms. The molecule has 180 valence electrons. The van der Waals surface area contributed by atoms with Crippen molar-refractivity contribution in [3.05, 3.63) is 12.7 Å². The molecule has 0 aromatic heterocycles. The summed E-state index contributed by atoms with van der Waals surface area (Å²) in [5.41, 5.74) is -0.511. The van der Waals surface area contributed by atoms with Crippen LogP contribution in [0.2, 0.25) is 0 Å². The second kappa shape index (κ2) is 8.95. The summed E-state index contributed by atoms with van der Waals surface area (Å²) in [4.78, 5) is 43.5. The molecule has 2 bridgehead atoms. The van der Waals surface area contributed by atoms with Crippen molar-refractivity contribution >= 4 is 45.5 Å². The topological polar surface area (TPSA) is 98.2 Å². The van der Waals surface area contributed by atoms with Gasteiger partial charge in [0.05, 0.1) is 29.2 Å². The van der Waals surface area contributed by atoms with Crippen LogP contribution in [0.25, 0.3) is 0 Å². The minimum atomic E-state index is -0.997. The number of nitrogens with zero attached hydrogens (tertiary/aromatic N) is 2. The molecule has 0 aromatic carbocycles. The first-order valence-corrected chi connectivity index (χ1v) is 13.0. The lowest BCUT2D eigenvalue weighted by atomic mass is 9.71. The number of thioether (sulfide) groups is 1. The van der Waals surface area contributed by atoms with Crippen molar-refractivity contribution in [2.75, 3.05) is 13.2 Å². The fourth-order valence-corrected chi connectivity index (χ4v) is 9.40. The van der Waals surface area contributed by atoms with Crippen molar-refractivity contribution in [3.8, 4) is 0 Å². The van der Waals surface area contributed by atoms with Gasteiger partial charge in [-0.05, 0) is 39.5 Å². The lowest BCUT2D eigenvalue weighted by molar-refractivity contribution is -0.150. The average molecular weight is 532 g/mol. The van der Waals surface area contributed by atoms with Gasteiger partial charge in [-0.15, -0.1) is 18.3 Å². The Kier molecular flexibility index (Phi) is 7.15. The number of amides is 2. The number of aliphatic hydroxyl groups is 1. The molecule has 3 rings (SSSR count). The first-order chi connectivity index (χ1) is 14.8. The van der Waals surface area contributed by atoms with Gasteiger partial charge in [0.1, 0.15) is 6.04 Å². The molecule has 0 aliphatic carbocycles. The Balaban J connectivity index is 2.17. The molecular formula is C23H35BrN2O5S. The van der Waals surface area contributed by atoms with E-state index in [4.69, 9.17) is 0 Å². The zero-order valence-corrected chi connectivity index (χ0v) is 21.9. The number of aliphatic hydroxyl groups excluding tert-OH is 1. The Morgan fingerprint density at radius 2 is 2.03 bits per heavy atom. The fraction of sp³-hybridized carbons (Fsp3) is 0.783. The van der Waals surface area contributed by atoms with Crippen molar-refractivity contribution in [2.24, 2.45) is 17.8 Å². The van der Waals surface area contributed by atoms with Crippen LogP contribution in [-0.4, -0.2) is 83.4 Å². The number of hydrogen-bond acceptors (Lipinski definition) is 5. The number of likely N-dealkylation sites (tertiary alicyclic amines) is 1. The molecule has 3 fully saturated rings. The van der Waals surface area contributed by atoms with Gasteiger partial charge < -0.3 is 20.0 Å². The molecule has 3 aliphatic rings. The van der Waals surface area contributed by atoms with E-state index in [9.17, 15) is 24.6 Å². The minimum absolute atomic E-state index is 0.0898. The summed E-state index contributed by atoms with van der Waals surface area (Å²) in [6.45, 7) is 13.7. The maximum atomic E-state index is 14.2. The Bertz CT molecular complexity index is 800. The Morgan fingerprint density at radius 3 is 2.50 bits per heavy atom. The number of fused-ring (bicyclic) bond motifs is 1. The summed E-state index contributed by atoms with van der Waals surface area (Å²) in [6.07, 6.45) is 2.75. The van der Waals surface area contributed by atoms with E-state index in [2.05, 4.69) is 22.5 Å². The third-order valence-corrected chi connectivity index (χ3v) is 10.2. The fourth-order valence-electron chi connectivity index (χ4n) is 5.81. The molecule has 0 radical (unpaired) electrons. The van der Waals surface area contributed by atoms with Crippen LogP contribution in [0, 0.1) is 17.8 Å².